The van der Waals surface area contributed by atoms with Crippen molar-refractivity contribution in [2.75, 3.05) is 11.9 Å². The minimum atomic E-state index is -1.03. The first kappa shape index (κ1) is 19.7. The van der Waals surface area contributed by atoms with E-state index in [1.54, 1.807) is 0 Å². The van der Waals surface area contributed by atoms with Gasteiger partial charge < -0.3 is 5.32 Å². The molecule has 1 amide bonds. The number of benzene rings is 3. The number of likely N-dealkylation sites (tertiary alicyclic amines) is 1. The van der Waals surface area contributed by atoms with Gasteiger partial charge in [-0.3, -0.25) is 14.5 Å². The summed E-state index contributed by atoms with van der Waals surface area (Å²) in [6.45, 7) is 4.85. The van der Waals surface area contributed by atoms with Crippen LogP contribution < -0.4 is 5.32 Å². The molecule has 0 bridgehead atoms. The monoisotopic (exact) mass is 410 g/mol. The third kappa shape index (κ3) is 2.86. The van der Waals surface area contributed by atoms with Gasteiger partial charge in [0.05, 0.1) is 5.92 Å². The summed E-state index contributed by atoms with van der Waals surface area (Å²) in [7, 11) is 0. The van der Waals surface area contributed by atoms with Gasteiger partial charge in [-0.1, -0.05) is 78.9 Å². The van der Waals surface area contributed by atoms with Crippen molar-refractivity contribution in [2.45, 2.75) is 31.3 Å². The fourth-order valence-corrected chi connectivity index (χ4v) is 5.56. The SMILES string of the molecule is CC(C)N1C[C@@H](c2ccccc2)[C@H](C(=O)c2ccccc2)C12C(=O)Nc1ccccc12. The van der Waals surface area contributed by atoms with Crippen LogP contribution in [0.4, 0.5) is 5.69 Å². The Labute approximate surface area is 182 Å². The van der Waals surface area contributed by atoms with Crippen LogP contribution in [0.3, 0.4) is 0 Å². The van der Waals surface area contributed by atoms with Gasteiger partial charge in [0.15, 0.2) is 5.78 Å². The number of Topliss-reactive ketones (excluding diaryl/α,β-unsaturated/α-hetero) is 1. The van der Waals surface area contributed by atoms with E-state index in [4.69, 9.17) is 0 Å². The van der Waals surface area contributed by atoms with Gasteiger partial charge in [-0.25, -0.2) is 0 Å². The molecule has 0 aromatic heterocycles. The number of nitrogens with zero attached hydrogens (tertiary/aromatic N) is 1. The van der Waals surface area contributed by atoms with Crippen molar-refractivity contribution in [1.29, 1.82) is 0 Å². The second-order valence-corrected chi connectivity index (χ2v) is 8.74. The molecule has 1 unspecified atom stereocenters. The predicted octanol–water partition coefficient (Wildman–Crippen LogP) is 4.84. The molecule has 0 aliphatic carbocycles. The summed E-state index contributed by atoms with van der Waals surface area (Å²) in [5.41, 5.74) is 2.42. The van der Waals surface area contributed by atoms with Crippen LogP contribution in [0.2, 0.25) is 0 Å². The molecule has 0 radical (unpaired) electrons. The Morgan fingerprint density at radius 2 is 1.55 bits per heavy atom. The first-order valence-corrected chi connectivity index (χ1v) is 10.9. The van der Waals surface area contributed by atoms with Gasteiger partial charge in [-0.05, 0) is 25.5 Å². The van der Waals surface area contributed by atoms with Crippen molar-refractivity contribution >= 4 is 17.4 Å². The zero-order chi connectivity index (χ0) is 21.6. The van der Waals surface area contributed by atoms with E-state index in [0.29, 0.717) is 12.1 Å². The van der Waals surface area contributed by atoms with Crippen molar-refractivity contribution < 1.29 is 9.59 Å². The van der Waals surface area contributed by atoms with Gasteiger partial charge in [0.25, 0.3) is 0 Å². The average molecular weight is 411 g/mol. The maximum Gasteiger partial charge on any atom is 0.250 e. The van der Waals surface area contributed by atoms with Crippen LogP contribution in [0.1, 0.15) is 41.3 Å². The summed E-state index contributed by atoms with van der Waals surface area (Å²) in [5, 5.41) is 3.09. The van der Waals surface area contributed by atoms with Gasteiger partial charge >= 0.3 is 0 Å². The number of ketones is 1. The number of anilines is 1. The highest BCUT2D eigenvalue weighted by Crippen LogP contribution is 2.56. The summed E-state index contributed by atoms with van der Waals surface area (Å²) in [6.07, 6.45) is 0. The molecule has 0 saturated carbocycles. The minimum absolute atomic E-state index is 0.0180. The van der Waals surface area contributed by atoms with E-state index < -0.39 is 11.5 Å². The highest BCUT2D eigenvalue weighted by atomic mass is 16.2. The first-order valence-electron chi connectivity index (χ1n) is 10.9. The smallest absolute Gasteiger partial charge is 0.250 e. The van der Waals surface area contributed by atoms with Gasteiger partial charge in [-0.2, -0.15) is 0 Å². The summed E-state index contributed by atoms with van der Waals surface area (Å²) in [4.78, 5) is 30.1. The average Bonchev–Trinajstić information content (AvgIpc) is 3.31. The van der Waals surface area contributed by atoms with E-state index in [2.05, 4.69) is 36.2 Å². The molecule has 3 aromatic carbocycles. The maximum absolute atomic E-state index is 14.1. The molecular formula is C27H26N2O2. The molecule has 1 N–H and O–H groups in total. The lowest BCUT2D eigenvalue weighted by atomic mass is 9.70. The topological polar surface area (TPSA) is 49.4 Å². The van der Waals surface area contributed by atoms with Crippen LogP contribution >= 0.6 is 0 Å². The van der Waals surface area contributed by atoms with E-state index in [9.17, 15) is 9.59 Å². The van der Waals surface area contributed by atoms with E-state index in [1.165, 1.54) is 0 Å². The molecule has 2 aliphatic rings. The summed E-state index contributed by atoms with van der Waals surface area (Å²) >= 11 is 0. The zero-order valence-corrected chi connectivity index (χ0v) is 17.8. The Kier molecular flexibility index (Phi) is 4.75. The molecule has 3 aromatic rings. The van der Waals surface area contributed by atoms with E-state index in [0.717, 1.165) is 16.8 Å². The van der Waals surface area contributed by atoms with Gasteiger partial charge in [0.2, 0.25) is 5.91 Å². The molecule has 4 nitrogen and oxygen atoms in total. The van der Waals surface area contributed by atoms with Gasteiger partial charge in [-0.15, -0.1) is 0 Å². The lowest BCUT2D eigenvalue weighted by molar-refractivity contribution is -0.128. The number of fused-ring (bicyclic) bond motifs is 2. The largest absolute Gasteiger partial charge is 0.324 e. The molecule has 1 saturated heterocycles. The van der Waals surface area contributed by atoms with E-state index in [-0.39, 0.29) is 23.7 Å². The number of hydrogen-bond acceptors (Lipinski definition) is 3. The quantitative estimate of drug-likeness (QED) is 0.626. The molecule has 3 atom stereocenters. The third-order valence-electron chi connectivity index (χ3n) is 6.82. The van der Waals surface area contributed by atoms with Crippen LogP contribution in [-0.2, 0) is 10.3 Å². The Hall–Kier alpha value is -3.24. The van der Waals surface area contributed by atoms with Crippen LogP contribution in [0.25, 0.3) is 0 Å². The standard InChI is InChI=1S/C27H26N2O2/c1-18(2)29-17-21(19-11-5-3-6-12-19)24(25(30)20-13-7-4-8-14-20)27(29)22-15-9-10-16-23(22)28-26(27)31/h3-16,18,21,24H,17H2,1-2H3,(H,28,31)/t21-,24+,27?/m0/s1. The Bertz CT molecular complexity index is 1130. The lowest BCUT2D eigenvalue weighted by Crippen LogP contribution is -2.54. The highest BCUT2D eigenvalue weighted by molar-refractivity contribution is 6.12. The van der Waals surface area contributed by atoms with Crippen molar-refractivity contribution in [1.82, 2.24) is 4.90 Å². The number of para-hydroxylation sites is 1. The predicted molar refractivity (Wildman–Crippen MR) is 122 cm³/mol. The second kappa shape index (κ2) is 7.47. The second-order valence-electron chi connectivity index (χ2n) is 8.74. The fourth-order valence-electron chi connectivity index (χ4n) is 5.56. The minimum Gasteiger partial charge on any atom is -0.324 e. The number of hydrogen-bond donors (Lipinski definition) is 1. The summed E-state index contributed by atoms with van der Waals surface area (Å²) in [6, 6.07) is 27.5. The molecule has 1 fully saturated rings. The number of carbonyl (C=O) groups excluding carboxylic acids is 2. The fraction of sp³-hybridized carbons (Fsp3) is 0.259. The maximum atomic E-state index is 14.1. The molecule has 4 heteroatoms. The summed E-state index contributed by atoms with van der Waals surface area (Å²) in [5.74, 6) is -0.698. The van der Waals surface area contributed by atoms with Gasteiger partial charge in [0, 0.05) is 35.3 Å². The normalized spacial score (nSPS) is 25.1. The van der Waals surface area contributed by atoms with Crippen LogP contribution in [-0.4, -0.2) is 29.2 Å². The zero-order valence-electron chi connectivity index (χ0n) is 17.8. The molecule has 1 spiro atoms. The van der Waals surface area contributed by atoms with E-state index >= 15 is 0 Å². The third-order valence-corrected chi connectivity index (χ3v) is 6.82. The van der Waals surface area contributed by atoms with Crippen molar-refractivity contribution in [3.05, 3.63) is 102 Å². The molecule has 31 heavy (non-hydrogen) atoms. The number of carbonyl (C=O) groups is 2. The highest BCUT2D eigenvalue weighted by Gasteiger charge is 2.65. The number of nitrogens with one attached hydrogen (secondary N) is 1. The van der Waals surface area contributed by atoms with Crippen molar-refractivity contribution in [3.8, 4) is 0 Å². The number of amides is 1. The van der Waals surface area contributed by atoms with Crippen LogP contribution in [0.5, 0.6) is 0 Å². The molecule has 2 aliphatic heterocycles. The summed E-state index contributed by atoms with van der Waals surface area (Å²) < 4.78 is 0. The first-order chi connectivity index (χ1) is 15.0. The molecular weight excluding hydrogens is 384 g/mol. The Morgan fingerprint density at radius 1 is 0.935 bits per heavy atom. The molecule has 156 valence electrons. The van der Waals surface area contributed by atoms with Crippen LogP contribution in [0.15, 0.2) is 84.9 Å². The van der Waals surface area contributed by atoms with E-state index in [1.807, 2.05) is 72.8 Å². The molecule has 2 heterocycles. The molecule has 5 rings (SSSR count). The van der Waals surface area contributed by atoms with Gasteiger partial charge in [0.1, 0.15) is 5.54 Å². The van der Waals surface area contributed by atoms with Crippen molar-refractivity contribution in [2.24, 2.45) is 5.92 Å². The number of rotatable bonds is 4. The van der Waals surface area contributed by atoms with Crippen LogP contribution in [0, 0.1) is 5.92 Å². The lowest BCUT2D eigenvalue weighted by Gasteiger charge is -2.39. The Morgan fingerprint density at radius 3 is 2.23 bits per heavy atom. The Balaban J connectivity index is 1.77. The van der Waals surface area contributed by atoms with Crippen molar-refractivity contribution in [3.63, 3.8) is 0 Å².